The molecule has 1 fully saturated rings. The van der Waals surface area contributed by atoms with E-state index in [0.717, 1.165) is 18.7 Å². The number of nitrogens with zero attached hydrogens (tertiary/aromatic N) is 3. The molecular weight excluding hydrogens is 294 g/mol. The number of carboxylic acid groups (broad SMARTS) is 1. The molecular formula is C14H14ClN3O3. The maximum Gasteiger partial charge on any atom is 0.303 e. The van der Waals surface area contributed by atoms with Crippen LogP contribution in [0.1, 0.15) is 12.3 Å². The van der Waals surface area contributed by atoms with Crippen molar-refractivity contribution in [2.24, 2.45) is 5.92 Å². The third-order valence-electron chi connectivity index (χ3n) is 3.43. The molecule has 0 radical (unpaired) electrons. The summed E-state index contributed by atoms with van der Waals surface area (Å²) >= 11 is 5.84. The van der Waals surface area contributed by atoms with E-state index in [1.165, 1.54) is 0 Å². The summed E-state index contributed by atoms with van der Waals surface area (Å²) in [6.07, 6.45) is 0.219. The summed E-state index contributed by atoms with van der Waals surface area (Å²) in [4.78, 5) is 17.0. The van der Waals surface area contributed by atoms with Crippen LogP contribution < -0.4 is 0 Å². The van der Waals surface area contributed by atoms with Crippen LogP contribution in [0.25, 0.3) is 11.4 Å². The second kappa shape index (κ2) is 5.83. The van der Waals surface area contributed by atoms with Crippen molar-refractivity contribution in [3.8, 4) is 11.4 Å². The minimum atomic E-state index is -0.748. The number of carbonyl (C=O) groups is 1. The highest BCUT2D eigenvalue weighted by atomic mass is 35.5. The first-order valence-electron chi connectivity index (χ1n) is 6.63. The lowest BCUT2D eigenvalue weighted by Crippen LogP contribution is -2.46. The minimum Gasteiger partial charge on any atom is -0.481 e. The normalized spacial score (nSPS) is 15.9. The number of hydrogen-bond donors (Lipinski definition) is 1. The SMILES string of the molecule is O=C(O)CC1CN(Cc2nc(-c3ccc(Cl)cc3)no2)C1. The average molecular weight is 308 g/mol. The number of hydrogen-bond acceptors (Lipinski definition) is 5. The van der Waals surface area contributed by atoms with Crippen LogP contribution >= 0.6 is 11.6 Å². The fraction of sp³-hybridized carbons (Fsp3) is 0.357. The Kier molecular flexibility index (Phi) is 3.90. The standard InChI is InChI=1S/C14H14ClN3O3/c15-11-3-1-10(2-4-11)14-16-12(21-17-14)8-18-6-9(7-18)5-13(19)20/h1-4,9H,5-8H2,(H,19,20). The fourth-order valence-corrected chi connectivity index (χ4v) is 2.53. The summed E-state index contributed by atoms with van der Waals surface area (Å²) in [5.41, 5.74) is 0.849. The van der Waals surface area contributed by atoms with Crippen molar-refractivity contribution < 1.29 is 14.4 Å². The van der Waals surface area contributed by atoms with Gasteiger partial charge < -0.3 is 9.63 Å². The lowest BCUT2D eigenvalue weighted by atomic mass is 9.97. The largest absolute Gasteiger partial charge is 0.481 e. The predicted octanol–water partition coefficient (Wildman–Crippen LogP) is 2.30. The second-order valence-corrected chi connectivity index (χ2v) is 5.61. The van der Waals surface area contributed by atoms with Crippen molar-refractivity contribution >= 4 is 17.6 Å². The summed E-state index contributed by atoms with van der Waals surface area (Å²) in [6, 6.07) is 7.23. The van der Waals surface area contributed by atoms with E-state index in [2.05, 4.69) is 15.0 Å². The van der Waals surface area contributed by atoms with Crippen LogP contribution in [0.4, 0.5) is 0 Å². The van der Waals surface area contributed by atoms with Crippen LogP contribution in [0.15, 0.2) is 28.8 Å². The number of carboxylic acids is 1. The van der Waals surface area contributed by atoms with Crippen molar-refractivity contribution in [3.63, 3.8) is 0 Å². The minimum absolute atomic E-state index is 0.219. The summed E-state index contributed by atoms with van der Waals surface area (Å²) in [7, 11) is 0. The summed E-state index contributed by atoms with van der Waals surface area (Å²) in [5, 5.41) is 13.3. The molecule has 0 saturated carbocycles. The van der Waals surface area contributed by atoms with Crippen molar-refractivity contribution in [3.05, 3.63) is 35.2 Å². The van der Waals surface area contributed by atoms with E-state index in [1.54, 1.807) is 12.1 Å². The zero-order valence-corrected chi connectivity index (χ0v) is 12.0. The van der Waals surface area contributed by atoms with Crippen LogP contribution in [-0.4, -0.2) is 39.2 Å². The Balaban J connectivity index is 1.57. The molecule has 3 rings (SSSR count). The monoisotopic (exact) mass is 307 g/mol. The molecule has 1 saturated heterocycles. The molecule has 2 aromatic rings. The molecule has 0 aliphatic carbocycles. The molecule has 0 bridgehead atoms. The van der Waals surface area contributed by atoms with Gasteiger partial charge in [-0.3, -0.25) is 9.69 Å². The maximum absolute atomic E-state index is 10.6. The van der Waals surface area contributed by atoms with Gasteiger partial charge in [-0.15, -0.1) is 0 Å². The molecule has 0 atom stereocenters. The van der Waals surface area contributed by atoms with Crippen molar-refractivity contribution in [2.75, 3.05) is 13.1 Å². The Bertz CT molecular complexity index is 635. The van der Waals surface area contributed by atoms with E-state index in [0.29, 0.717) is 23.3 Å². The lowest BCUT2D eigenvalue weighted by Gasteiger charge is -2.37. The van der Waals surface area contributed by atoms with Gasteiger partial charge in [0.1, 0.15) is 0 Å². The van der Waals surface area contributed by atoms with E-state index < -0.39 is 5.97 Å². The van der Waals surface area contributed by atoms with E-state index in [9.17, 15) is 4.79 Å². The molecule has 2 heterocycles. The quantitative estimate of drug-likeness (QED) is 0.913. The van der Waals surface area contributed by atoms with Crippen LogP contribution in [0, 0.1) is 5.92 Å². The van der Waals surface area contributed by atoms with Gasteiger partial charge in [-0.25, -0.2) is 0 Å². The Morgan fingerprint density at radius 1 is 1.38 bits per heavy atom. The summed E-state index contributed by atoms with van der Waals surface area (Å²) in [6.45, 7) is 2.06. The van der Waals surface area contributed by atoms with Gasteiger partial charge >= 0.3 is 5.97 Å². The highest BCUT2D eigenvalue weighted by Crippen LogP contribution is 2.23. The van der Waals surface area contributed by atoms with Gasteiger partial charge in [0.05, 0.1) is 13.0 Å². The lowest BCUT2D eigenvalue weighted by molar-refractivity contribution is -0.139. The van der Waals surface area contributed by atoms with Gasteiger partial charge in [0.2, 0.25) is 11.7 Å². The van der Waals surface area contributed by atoms with E-state index >= 15 is 0 Å². The van der Waals surface area contributed by atoms with Crippen LogP contribution in [-0.2, 0) is 11.3 Å². The van der Waals surface area contributed by atoms with Gasteiger partial charge in [-0.1, -0.05) is 16.8 Å². The van der Waals surface area contributed by atoms with E-state index in [1.807, 2.05) is 12.1 Å². The fourth-order valence-electron chi connectivity index (χ4n) is 2.41. The van der Waals surface area contributed by atoms with Gasteiger partial charge in [-0.2, -0.15) is 4.98 Å². The first-order valence-corrected chi connectivity index (χ1v) is 7.00. The highest BCUT2D eigenvalue weighted by Gasteiger charge is 2.29. The number of halogens is 1. The highest BCUT2D eigenvalue weighted by molar-refractivity contribution is 6.30. The second-order valence-electron chi connectivity index (χ2n) is 5.18. The van der Waals surface area contributed by atoms with Gasteiger partial charge in [0.15, 0.2) is 0 Å². The predicted molar refractivity (Wildman–Crippen MR) is 75.8 cm³/mol. The molecule has 1 N–H and O–H groups in total. The smallest absolute Gasteiger partial charge is 0.303 e. The molecule has 6 nitrogen and oxygen atoms in total. The first-order chi connectivity index (χ1) is 10.1. The molecule has 7 heteroatoms. The molecule has 1 aromatic heterocycles. The molecule has 0 amide bonds. The number of aromatic nitrogens is 2. The summed E-state index contributed by atoms with van der Waals surface area (Å²) < 4.78 is 5.22. The van der Waals surface area contributed by atoms with Crippen LogP contribution in [0.2, 0.25) is 5.02 Å². The third-order valence-corrected chi connectivity index (χ3v) is 3.68. The topological polar surface area (TPSA) is 79.5 Å². The van der Waals surface area contributed by atoms with Crippen molar-refractivity contribution in [1.29, 1.82) is 0 Å². The summed E-state index contributed by atoms with van der Waals surface area (Å²) in [5.74, 6) is 0.543. The Morgan fingerprint density at radius 3 is 2.76 bits per heavy atom. The number of aliphatic carboxylic acids is 1. The van der Waals surface area contributed by atoms with Crippen molar-refractivity contribution in [2.45, 2.75) is 13.0 Å². The first kappa shape index (κ1) is 14.0. The average Bonchev–Trinajstić information content (AvgIpc) is 2.85. The molecule has 0 unspecified atom stereocenters. The number of benzene rings is 1. The Morgan fingerprint density at radius 2 is 2.10 bits per heavy atom. The zero-order valence-electron chi connectivity index (χ0n) is 11.2. The van der Waals surface area contributed by atoms with Crippen LogP contribution in [0.5, 0.6) is 0 Å². The number of likely N-dealkylation sites (tertiary alicyclic amines) is 1. The van der Waals surface area contributed by atoms with Gasteiger partial charge in [0, 0.05) is 23.7 Å². The van der Waals surface area contributed by atoms with E-state index in [4.69, 9.17) is 21.2 Å². The van der Waals surface area contributed by atoms with Gasteiger partial charge in [-0.05, 0) is 30.2 Å². The third kappa shape index (κ3) is 3.40. The Labute approximate surface area is 126 Å². The number of rotatable bonds is 5. The molecule has 1 aliphatic heterocycles. The molecule has 110 valence electrons. The molecule has 0 spiro atoms. The molecule has 1 aliphatic rings. The Hall–Kier alpha value is -1.92. The molecule has 1 aromatic carbocycles. The maximum atomic E-state index is 10.6. The van der Waals surface area contributed by atoms with Crippen molar-refractivity contribution in [1.82, 2.24) is 15.0 Å². The molecule has 21 heavy (non-hydrogen) atoms. The van der Waals surface area contributed by atoms with Gasteiger partial charge in [0.25, 0.3) is 0 Å². The van der Waals surface area contributed by atoms with E-state index in [-0.39, 0.29) is 12.3 Å². The zero-order chi connectivity index (χ0) is 14.8. The van der Waals surface area contributed by atoms with Crippen LogP contribution in [0.3, 0.4) is 0 Å².